The molecule has 8 heterocycles. The molecular formula is C96H56N4O4. The Morgan fingerprint density at radius 1 is 0.144 bits per heavy atom. The van der Waals surface area contributed by atoms with Crippen LogP contribution in [-0.2, 0) is 0 Å². The highest BCUT2D eigenvalue weighted by atomic mass is 16.4. The smallest absolute Gasteiger partial charge is 0.178 e. The van der Waals surface area contributed by atoms with Gasteiger partial charge < -0.3 is 35.9 Å². The maximum absolute atomic E-state index is 6.49. The summed E-state index contributed by atoms with van der Waals surface area (Å²) in [6.45, 7) is 0. The van der Waals surface area contributed by atoms with E-state index in [4.69, 9.17) is 17.7 Å². The highest BCUT2D eigenvalue weighted by Gasteiger charge is 2.23. The van der Waals surface area contributed by atoms with Gasteiger partial charge in [0, 0.05) is 115 Å². The number of fused-ring (bicyclic) bond motifs is 25. The summed E-state index contributed by atoms with van der Waals surface area (Å²) in [5, 5.41) is 18.6. The average molecular weight is 1330 g/mol. The third kappa shape index (κ3) is 8.30. The predicted octanol–water partition coefficient (Wildman–Crippen LogP) is 26.7. The number of nitrogens with zero attached hydrogens (tertiary/aromatic N) is 4. The zero-order valence-corrected chi connectivity index (χ0v) is 55.8. The Morgan fingerprint density at radius 2 is 0.433 bits per heavy atom. The fourth-order valence-corrected chi connectivity index (χ4v) is 17.1. The Morgan fingerprint density at radius 3 is 0.856 bits per heavy atom. The van der Waals surface area contributed by atoms with Crippen LogP contribution in [-0.4, -0.2) is 18.3 Å². The molecule has 0 fully saturated rings. The van der Waals surface area contributed by atoms with Gasteiger partial charge in [-0.15, -0.1) is 0 Å². The molecule has 0 unspecified atom stereocenters. The van der Waals surface area contributed by atoms with Crippen LogP contribution in [0.5, 0.6) is 0 Å². The Kier molecular flexibility index (Phi) is 11.9. The fourth-order valence-electron chi connectivity index (χ4n) is 17.1. The Hall–Kier alpha value is -14.1. The van der Waals surface area contributed by atoms with Crippen molar-refractivity contribution in [1.82, 2.24) is 18.3 Å². The van der Waals surface area contributed by atoms with Crippen molar-refractivity contribution in [1.29, 1.82) is 0 Å². The molecule has 104 heavy (non-hydrogen) atoms. The lowest BCUT2D eigenvalue weighted by atomic mass is 10.0. The molecule has 0 atom stereocenters. The molecule has 16 aromatic carbocycles. The van der Waals surface area contributed by atoms with E-state index in [2.05, 4.69) is 322 Å². The third-order valence-electron chi connectivity index (χ3n) is 21.8. The summed E-state index contributed by atoms with van der Waals surface area (Å²) in [7, 11) is 0. The van der Waals surface area contributed by atoms with Gasteiger partial charge in [-0.25, -0.2) is 0 Å². The molecule has 0 bridgehead atoms. The van der Waals surface area contributed by atoms with Gasteiger partial charge in [0.2, 0.25) is 0 Å². The van der Waals surface area contributed by atoms with Gasteiger partial charge in [0.15, 0.2) is 11.2 Å². The SMILES string of the molecule is c1ccc(-n2c3ccccc3c3cc(-c4ccc5c(c4)c4ccccc4n5-c4ccc5oc6c(ccc7c8ccccc8oc76)c5c4)ccc32)cc1.c1ccc(-n2c3ccccc3c3cc(-c4ccc5c(c4)c4ccccc4n5-c4ccc5oc6cc7oc8ccccc8c7cc6c5c4)ccc32)cc1. The number of rotatable bonds is 6. The van der Waals surface area contributed by atoms with Crippen LogP contribution in [0.1, 0.15) is 0 Å². The van der Waals surface area contributed by atoms with Crippen molar-refractivity contribution in [3.63, 3.8) is 0 Å². The monoisotopic (exact) mass is 1330 g/mol. The highest BCUT2D eigenvalue weighted by Crippen LogP contribution is 2.45. The van der Waals surface area contributed by atoms with E-state index in [1.54, 1.807) is 0 Å². The van der Waals surface area contributed by atoms with Crippen molar-refractivity contribution in [2.24, 2.45) is 0 Å². The number of para-hydroxylation sites is 8. The molecule has 0 aliphatic carbocycles. The van der Waals surface area contributed by atoms with Crippen molar-refractivity contribution < 1.29 is 17.7 Å². The van der Waals surface area contributed by atoms with Gasteiger partial charge in [0.25, 0.3) is 0 Å². The first kappa shape index (κ1) is 56.8. The van der Waals surface area contributed by atoms with Crippen LogP contribution in [0.3, 0.4) is 0 Å². The lowest BCUT2D eigenvalue weighted by molar-refractivity contribution is 0.633. The Bertz CT molecular complexity index is 7740. The summed E-state index contributed by atoms with van der Waals surface area (Å²) in [6.07, 6.45) is 0. The van der Waals surface area contributed by atoms with Crippen LogP contribution in [0.15, 0.2) is 357 Å². The summed E-state index contributed by atoms with van der Waals surface area (Å²) >= 11 is 0. The summed E-state index contributed by atoms with van der Waals surface area (Å²) in [5.41, 5.74) is 25.5. The van der Waals surface area contributed by atoms with Gasteiger partial charge in [-0.05, 0) is 186 Å². The molecule has 0 saturated carbocycles. The Balaban J connectivity index is 0.000000127. The van der Waals surface area contributed by atoms with Crippen LogP contribution in [0, 0.1) is 0 Å². The van der Waals surface area contributed by atoms with E-state index in [1.807, 2.05) is 36.4 Å². The maximum Gasteiger partial charge on any atom is 0.178 e. The molecule has 0 N–H and O–H groups in total. The first-order chi connectivity index (χ1) is 51.5. The molecule has 8 heteroatoms. The van der Waals surface area contributed by atoms with E-state index in [9.17, 15) is 0 Å². The predicted molar refractivity (Wildman–Crippen MR) is 430 cm³/mol. The minimum atomic E-state index is 0.788. The van der Waals surface area contributed by atoms with Crippen LogP contribution < -0.4 is 0 Å². The highest BCUT2D eigenvalue weighted by molar-refractivity contribution is 6.21. The molecule has 24 aromatic rings. The number of hydrogen-bond donors (Lipinski definition) is 0. The van der Waals surface area contributed by atoms with Crippen molar-refractivity contribution in [2.75, 3.05) is 0 Å². The third-order valence-corrected chi connectivity index (χ3v) is 21.8. The van der Waals surface area contributed by atoms with Gasteiger partial charge >= 0.3 is 0 Å². The lowest BCUT2D eigenvalue weighted by Gasteiger charge is -2.09. The normalized spacial score (nSPS) is 12.2. The number of hydrogen-bond acceptors (Lipinski definition) is 4. The minimum Gasteiger partial charge on any atom is -0.456 e. The summed E-state index contributed by atoms with van der Waals surface area (Å²) in [6, 6.07) is 122. The van der Waals surface area contributed by atoms with Gasteiger partial charge in [-0.1, -0.05) is 170 Å². The second-order valence-electron chi connectivity index (χ2n) is 27.4. The summed E-state index contributed by atoms with van der Waals surface area (Å²) < 4.78 is 34.9. The molecule has 0 aliphatic heterocycles. The van der Waals surface area contributed by atoms with E-state index in [1.165, 1.54) is 121 Å². The van der Waals surface area contributed by atoms with Crippen LogP contribution in [0.25, 0.3) is 220 Å². The van der Waals surface area contributed by atoms with Crippen molar-refractivity contribution in [3.05, 3.63) is 340 Å². The molecule has 8 aromatic heterocycles. The zero-order valence-electron chi connectivity index (χ0n) is 55.8. The average Bonchev–Trinajstić information content (AvgIpc) is 1.53. The molecule has 484 valence electrons. The lowest BCUT2D eigenvalue weighted by Crippen LogP contribution is -1.93. The fraction of sp³-hybridized carbons (Fsp3) is 0. The second kappa shape index (κ2) is 21.7. The maximum atomic E-state index is 6.49. The minimum absolute atomic E-state index is 0.788. The molecule has 24 rings (SSSR count). The van der Waals surface area contributed by atoms with Gasteiger partial charge in [-0.2, -0.15) is 0 Å². The molecule has 0 radical (unpaired) electrons. The number of benzene rings is 16. The topological polar surface area (TPSA) is 72.3 Å². The van der Waals surface area contributed by atoms with E-state index >= 15 is 0 Å². The summed E-state index contributed by atoms with van der Waals surface area (Å²) in [5.74, 6) is 0. The molecule has 8 nitrogen and oxygen atoms in total. The van der Waals surface area contributed by atoms with E-state index in [0.29, 0.717) is 0 Å². The molecule has 0 saturated heterocycles. The van der Waals surface area contributed by atoms with Crippen molar-refractivity contribution in [3.8, 4) is 45.0 Å². The first-order valence-corrected chi connectivity index (χ1v) is 35.3. The molecule has 0 amide bonds. The number of aromatic nitrogens is 4. The van der Waals surface area contributed by atoms with Crippen molar-refractivity contribution >= 4 is 175 Å². The summed E-state index contributed by atoms with van der Waals surface area (Å²) in [4.78, 5) is 0. The van der Waals surface area contributed by atoms with E-state index in [-0.39, 0.29) is 0 Å². The van der Waals surface area contributed by atoms with E-state index < -0.39 is 0 Å². The van der Waals surface area contributed by atoms with Gasteiger partial charge in [0.05, 0.1) is 44.1 Å². The van der Waals surface area contributed by atoms with Crippen LogP contribution in [0.4, 0.5) is 0 Å². The van der Waals surface area contributed by atoms with Gasteiger partial charge in [0.1, 0.15) is 33.5 Å². The molecule has 0 aliphatic rings. The molecular weight excluding hydrogens is 1270 g/mol. The second-order valence-corrected chi connectivity index (χ2v) is 27.4. The van der Waals surface area contributed by atoms with Gasteiger partial charge in [-0.3, -0.25) is 0 Å². The van der Waals surface area contributed by atoms with Crippen LogP contribution >= 0.6 is 0 Å². The standard InChI is InChI=1S/2C48H28N2O2/c1-2-10-31(11-3-1)49-41-15-7-4-12-33(41)38-26-29(18-23-43(38)49)30-19-24-44-39(27-30)34-13-5-8-16-42(34)50(44)32-20-25-46-40(28-32)37-22-21-36-35-14-6-9-17-45(35)51-47(36)48(37)52-46;1-2-10-31(11-3-1)49-41-15-7-4-12-33(41)36-24-29(18-21-43(36)49)30-19-22-44-37(25-30)34-13-5-8-16-42(34)50(44)32-20-23-46-38(26-32)40-27-39-35-14-6-9-17-45(35)51-47(39)28-48(40)52-46/h2*1-28H. The quantitative estimate of drug-likeness (QED) is 0.166. The van der Waals surface area contributed by atoms with Crippen molar-refractivity contribution in [2.45, 2.75) is 0 Å². The molecule has 0 spiro atoms. The largest absolute Gasteiger partial charge is 0.456 e. The number of furan rings is 4. The first-order valence-electron chi connectivity index (χ1n) is 35.3. The van der Waals surface area contributed by atoms with E-state index in [0.717, 1.165) is 99.1 Å². The van der Waals surface area contributed by atoms with Crippen LogP contribution in [0.2, 0.25) is 0 Å². The Labute approximate surface area is 592 Å². The zero-order chi connectivity index (χ0) is 67.8.